The minimum atomic E-state index is -0.131. The molecule has 0 saturated heterocycles. The molecule has 0 unspecified atom stereocenters. The van der Waals surface area contributed by atoms with Gasteiger partial charge >= 0.3 is 0 Å². The molecule has 0 fully saturated rings. The summed E-state index contributed by atoms with van der Waals surface area (Å²) in [5, 5.41) is 0. The first kappa shape index (κ1) is 13.2. The summed E-state index contributed by atoms with van der Waals surface area (Å²) >= 11 is 0. The van der Waals surface area contributed by atoms with Gasteiger partial charge in [0, 0.05) is 0 Å². The average Bonchev–Trinajstić information content (AvgIpc) is 2.03. The smallest absolute Gasteiger partial charge is 0.123 e. The molecular formula is C13H21F. The zero-order valence-corrected chi connectivity index (χ0v) is 9.89. The summed E-state index contributed by atoms with van der Waals surface area (Å²) in [5.74, 6) is 0.276. The Morgan fingerprint density at radius 3 is 2.00 bits per heavy atom. The summed E-state index contributed by atoms with van der Waals surface area (Å²) < 4.78 is 12.8. The number of hydrogen-bond donors (Lipinski definition) is 0. The molecule has 1 aromatic rings. The summed E-state index contributed by atoms with van der Waals surface area (Å²) in [7, 11) is 0. The predicted octanol–water partition coefficient (Wildman–Crippen LogP) is 4.67. The van der Waals surface area contributed by atoms with Crippen LogP contribution in [0.3, 0.4) is 0 Å². The maximum Gasteiger partial charge on any atom is 0.123 e. The summed E-state index contributed by atoms with van der Waals surface area (Å²) in [4.78, 5) is 0. The highest BCUT2D eigenvalue weighted by molar-refractivity contribution is 5.25. The Kier molecular flexibility index (Phi) is 6.18. The highest BCUT2D eigenvalue weighted by Gasteiger charge is 2.00. The second-order valence-electron chi connectivity index (χ2n) is 3.92. The lowest BCUT2D eigenvalue weighted by atomic mass is 10.0. The van der Waals surface area contributed by atoms with Crippen LogP contribution >= 0.6 is 0 Å². The second-order valence-corrected chi connectivity index (χ2v) is 3.92. The van der Waals surface area contributed by atoms with E-state index in [2.05, 4.69) is 27.7 Å². The third-order valence-corrected chi connectivity index (χ3v) is 1.73. The highest BCUT2D eigenvalue weighted by atomic mass is 19.1. The van der Waals surface area contributed by atoms with E-state index in [1.54, 1.807) is 12.1 Å². The van der Waals surface area contributed by atoms with Crippen molar-refractivity contribution in [2.75, 3.05) is 0 Å². The van der Waals surface area contributed by atoms with Crippen molar-refractivity contribution in [1.29, 1.82) is 0 Å². The molecule has 80 valence electrons. The zero-order valence-electron chi connectivity index (χ0n) is 9.89. The molecule has 0 saturated carbocycles. The zero-order chi connectivity index (χ0) is 11.1. The van der Waals surface area contributed by atoms with Gasteiger partial charge in [-0.3, -0.25) is 0 Å². The SMILES string of the molecule is CCC.Cc1cc(F)cc(C(C)C)c1. The van der Waals surface area contributed by atoms with Crippen LogP contribution in [0, 0.1) is 12.7 Å². The quantitative estimate of drug-likeness (QED) is 0.612. The maximum atomic E-state index is 12.8. The van der Waals surface area contributed by atoms with Gasteiger partial charge < -0.3 is 0 Å². The first-order valence-corrected chi connectivity index (χ1v) is 5.28. The van der Waals surface area contributed by atoms with Crippen LogP contribution in [-0.4, -0.2) is 0 Å². The topological polar surface area (TPSA) is 0 Å². The molecule has 0 aliphatic carbocycles. The fraction of sp³-hybridized carbons (Fsp3) is 0.538. The van der Waals surface area contributed by atoms with Gasteiger partial charge in [0.1, 0.15) is 5.82 Å². The van der Waals surface area contributed by atoms with E-state index in [0.717, 1.165) is 11.1 Å². The normalized spacial score (nSPS) is 9.64. The third kappa shape index (κ3) is 5.00. The molecule has 0 radical (unpaired) electrons. The van der Waals surface area contributed by atoms with Crippen molar-refractivity contribution in [1.82, 2.24) is 0 Å². The van der Waals surface area contributed by atoms with Crippen molar-refractivity contribution in [2.45, 2.75) is 47.0 Å². The summed E-state index contributed by atoms with van der Waals surface area (Å²) in [6.07, 6.45) is 1.25. The lowest BCUT2D eigenvalue weighted by Gasteiger charge is -2.05. The van der Waals surface area contributed by atoms with E-state index in [9.17, 15) is 4.39 Å². The Morgan fingerprint density at radius 2 is 1.64 bits per heavy atom. The van der Waals surface area contributed by atoms with Gasteiger partial charge in [-0.1, -0.05) is 40.2 Å². The van der Waals surface area contributed by atoms with Crippen molar-refractivity contribution in [3.05, 3.63) is 35.1 Å². The molecule has 0 nitrogen and oxygen atoms in total. The van der Waals surface area contributed by atoms with Crippen LogP contribution in [-0.2, 0) is 0 Å². The van der Waals surface area contributed by atoms with Crippen molar-refractivity contribution in [3.8, 4) is 0 Å². The van der Waals surface area contributed by atoms with Crippen LogP contribution in [0.5, 0.6) is 0 Å². The van der Waals surface area contributed by atoms with E-state index in [1.165, 1.54) is 6.42 Å². The molecule has 0 N–H and O–H groups in total. The van der Waals surface area contributed by atoms with Crippen molar-refractivity contribution in [2.24, 2.45) is 0 Å². The number of hydrogen-bond acceptors (Lipinski definition) is 0. The minimum Gasteiger partial charge on any atom is -0.207 e. The molecule has 14 heavy (non-hydrogen) atoms. The minimum absolute atomic E-state index is 0.131. The summed E-state index contributed by atoms with van der Waals surface area (Å²) in [6.45, 7) is 10.3. The van der Waals surface area contributed by atoms with Crippen LogP contribution < -0.4 is 0 Å². The van der Waals surface area contributed by atoms with E-state index >= 15 is 0 Å². The van der Waals surface area contributed by atoms with Gasteiger partial charge in [-0.25, -0.2) is 4.39 Å². The molecule has 0 atom stereocenters. The van der Waals surface area contributed by atoms with Crippen molar-refractivity contribution in [3.63, 3.8) is 0 Å². The Labute approximate surface area is 87.2 Å². The number of aryl methyl sites for hydroxylation is 1. The Hall–Kier alpha value is -0.850. The van der Waals surface area contributed by atoms with Gasteiger partial charge in [0.15, 0.2) is 0 Å². The van der Waals surface area contributed by atoms with Gasteiger partial charge in [0.25, 0.3) is 0 Å². The lowest BCUT2D eigenvalue weighted by molar-refractivity contribution is 0.622. The van der Waals surface area contributed by atoms with E-state index in [1.807, 2.05) is 13.0 Å². The molecule has 1 aromatic carbocycles. The number of halogens is 1. The van der Waals surface area contributed by atoms with Gasteiger partial charge in [0.2, 0.25) is 0 Å². The largest absolute Gasteiger partial charge is 0.207 e. The molecule has 0 aromatic heterocycles. The first-order valence-electron chi connectivity index (χ1n) is 5.28. The predicted molar refractivity (Wildman–Crippen MR) is 61.2 cm³/mol. The summed E-state index contributed by atoms with van der Waals surface area (Å²) in [6, 6.07) is 5.16. The average molecular weight is 196 g/mol. The van der Waals surface area contributed by atoms with Gasteiger partial charge in [-0.2, -0.15) is 0 Å². The van der Waals surface area contributed by atoms with E-state index in [0.29, 0.717) is 5.92 Å². The van der Waals surface area contributed by atoms with Crippen LogP contribution in [0.15, 0.2) is 18.2 Å². The van der Waals surface area contributed by atoms with Gasteiger partial charge in [0.05, 0.1) is 0 Å². The van der Waals surface area contributed by atoms with Crippen LogP contribution in [0.2, 0.25) is 0 Å². The number of benzene rings is 1. The van der Waals surface area contributed by atoms with E-state index in [4.69, 9.17) is 0 Å². The molecule has 0 bridgehead atoms. The monoisotopic (exact) mass is 196 g/mol. The molecule has 0 aliphatic heterocycles. The van der Waals surface area contributed by atoms with Crippen LogP contribution in [0.25, 0.3) is 0 Å². The molecule has 0 aliphatic rings. The van der Waals surface area contributed by atoms with Gasteiger partial charge in [-0.05, 0) is 36.1 Å². The van der Waals surface area contributed by atoms with E-state index < -0.39 is 0 Å². The van der Waals surface area contributed by atoms with E-state index in [-0.39, 0.29) is 5.82 Å². The molecule has 0 heterocycles. The molecule has 1 rings (SSSR count). The molecular weight excluding hydrogens is 175 g/mol. The molecule has 0 spiro atoms. The molecule has 0 amide bonds. The first-order chi connectivity index (χ1) is 6.51. The van der Waals surface area contributed by atoms with Crippen molar-refractivity contribution < 1.29 is 4.39 Å². The Bertz CT molecular complexity index is 244. The van der Waals surface area contributed by atoms with Crippen molar-refractivity contribution >= 4 is 0 Å². The Balaban J connectivity index is 0.000000500. The van der Waals surface area contributed by atoms with Crippen LogP contribution in [0.4, 0.5) is 4.39 Å². The summed E-state index contributed by atoms with van der Waals surface area (Å²) in [5.41, 5.74) is 2.07. The maximum absolute atomic E-state index is 12.8. The fourth-order valence-corrected chi connectivity index (χ4v) is 1.10. The lowest BCUT2D eigenvalue weighted by Crippen LogP contribution is -1.89. The number of rotatable bonds is 1. The highest BCUT2D eigenvalue weighted by Crippen LogP contribution is 2.16. The van der Waals surface area contributed by atoms with Gasteiger partial charge in [-0.15, -0.1) is 0 Å². The van der Waals surface area contributed by atoms with Crippen LogP contribution in [0.1, 0.15) is 51.2 Å². The Morgan fingerprint density at radius 1 is 1.14 bits per heavy atom. The molecule has 1 heteroatoms. The fourth-order valence-electron chi connectivity index (χ4n) is 1.10. The second kappa shape index (κ2) is 6.58. The standard InChI is InChI=1S/C10H13F.C3H8/c1-7(2)9-4-8(3)5-10(11)6-9;1-3-2/h4-7H,1-3H3;3H2,1-2H3. The third-order valence-electron chi connectivity index (χ3n) is 1.73.